The summed E-state index contributed by atoms with van der Waals surface area (Å²) in [6, 6.07) is 18.5. The summed E-state index contributed by atoms with van der Waals surface area (Å²) in [6.45, 7) is 2.32. The van der Waals surface area contributed by atoms with Crippen molar-refractivity contribution in [1.82, 2.24) is 10.6 Å². The van der Waals surface area contributed by atoms with Gasteiger partial charge >= 0.3 is 6.03 Å². The van der Waals surface area contributed by atoms with Gasteiger partial charge in [-0.1, -0.05) is 24.3 Å². The third-order valence-electron chi connectivity index (χ3n) is 5.88. The highest BCUT2D eigenvalue weighted by atomic mass is 19.1. The molecule has 3 aromatic carbocycles. The molecular formula is C27H29FN4O3. The summed E-state index contributed by atoms with van der Waals surface area (Å²) in [6.07, 6.45) is 2.16. The molecule has 35 heavy (non-hydrogen) atoms. The quantitative estimate of drug-likeness (QED) is 0.441. The molecule has 3 N–H and O–H groups in total. The van der Waals surface area contributed by atoms with Crippen LogP contribution < -0.4 is 25.6 Å². The van der Waals surface area contributed by atoms with Crippen LogP contribution in [0.15, 0.2) is 66.7 Å². The van der Waals surface area contributed by atoms with Crippen LogP contribution in [0.1, 0.15) is 34.3 Å². The standard InChI is InChI=1S/C27H29FN4O3/c1-35-23-9-5-7-20(15-23)18-30-27(34)31-24-16-21(10-11-25(24)32-12-2-3-13-32)26(33)29-17-19-6-4-8-22(28)14-19/h4-11,14-16H,2-3,12-13,17-18H2,1H3,(H,29,33)(H2,30,31,34). The first-order chi connectivity index (χ1) is 17.0. The Bertz CT molecular complexity index is 1190. The number of amides is 3. The van der Waals surface area contributed by atoms with Crippen LogP contribution in [0.2, 0.25) is 0 Å². The molecule has 1 aliphatic heterocycles. The van der Waals surface area contributed by atoms with E-state index in [-0.39, 0.29) is 24.3 Å². The van der Waals surface area contributed by atoms with Gasteiger partial charge in [0.05, 0.1) is 18.5 Å². The predicted octanol–water partition coefficient (Wildman–Crippen LogP) is 4.69. The molecule has 1 saturated heterocycles. The first kappa shape index (κ1) is 24.1. The van der Waals surface area contributed by atoms with Gasteiger partial charge in [0.15, 0.2) is 0 Å². The second kappa shape index (κ2) is 11.4. The molecule has 0 spiro atoms. The number of methoxy groups -OCH3 is 1. The summed E-state index contributed by atoms with van der Waals surface area (Å²) >= 11 is 0. The number of hydrogen-bond acceptors (Lipinski definition) is 4. The van der Waals surface area contributed by atoms with Crippen LogP contribution in [0, 0.1) is 5.82 Å². The number of nitrogens with zero attached hydrogens (tertiary/aromatic N) is 1. The predicted molar refractivity (Wildman–Crippen MR) is 134 cm³/mol. The zero-order chi connectivity index (χ0) is 24.6. The number of carbonyl (C=O) groups is 2. The first-order valence-corrected chi connectivity index (χ1v) is 11.6. The summed E-state index contributed by atoms with van der Waals surface area (Å²) < 4.78 is 18.6. The molecule has 0 aromatic heterocycles. The normalized spacial score (nSPS) is 12.8. The van der Waals surface area contributed by atoms with Crippen molar-refractivity contribution in [3.8, 4) is 5.75 Å². The van der Waals surface area contributed by atoms with E-state index in [1.54, 1.807) is 31.4 Å². The van der Waals surface area contributed by atoms with Crippen LogP contribution >= 0.6 is 0 Å². The summed E-state index contributed by atoms with van der Waals surface area (Å²) in [5, 5.41) is 8.58. The number of hydrogen-bond donors (Lipinski definition) is 3. The van der Waals surface area contributed by atoms with Crippen molar-refractivity contribution in [1.29, 1.82) is 0 Å². The van der Waals surface area contributed by atoms with E-state index < -0.39 is 0 Å². The van der Waals surface area contributed by atoms with Crippen molar-refractivity contribution in [2.45, 2.75) is 25.9 Å². The molecule has 8 heteroatoms. The van der Waals surface area contributed by atoms with Crippen LogP contribution in [-0.4, -0.2) is 32.1 Å². The van der Waals surface area contributed by atoms with E-state index >= 15 is 0 Å². The van der Waals surface area contributed by atoms with E-state index in [2.05, 4.69) is 20.9 Å². The van der Waals surface area contributed by atoms with Crippen molar-refractivity contribution in [3.05, 3.63) is 89.2 Å². The second-order valence-electron chi connectivity index (χ2n) is 8.40. The summed E-state index contributed by atoms with van der Waals surface area (Å²) in [7, 11) is 1.60. The number of anilines is 2. The van der Waals surface area contributed by atoms with E-state index in [4.69, 9.17) is 4.74 Å². The van der Waals surface area contributed by atoms with Gasteiger partial charge in [-0.2, -0.15) is 0 Å². The molecule has 0 bridgehead atoms. The second-order valence-corrected chi connectivity index (χ2v) is 8.40. The SMILES string of the molecule is COc1cccc(CNC(=O)Nc2cc(C(=O)NCc3cccc(F)c3)ccc2N2CCCC2)c1. The van der Waals surface area contributed by atoms with Gasteiger partial charge in [-0.15, -0.1) is 0 Å². The highest BCUT2D eigenvalue weighted by Crippen LogP contribution is 2.30. The van der Waals surface area contributed by atoms with Crippen LogP contribution in [-0.2, 0) is 13.1 Å². The summed E-state index contributed by atoms with van der Waals surface area (Å²) in [4.78, 5) is 27.7. The molecule has 0 atom stereocenters. The third kappa shape index (κ3) is 6.50. The van der Waals surface area contributed by atoms with E-state index in [0.29, 0.717) is 23.4 Å². The van der Waals surface area contributed by atoms with Gasteiger partial charge in [0.25, 0.3) is 5.91 Å². The monoisotopic (exact) mass is 476 g/mol. The molecule has 4 rings (SSSR count). The van der Waals surface area contributed by atoms with Crippen LogP contribution in [0.25, 0.3) is 0 Å². The van der Waals surface area contributed by atoms with Crippen molar-refractivity contribution in [2.75, 3.05) is 30.4 Å². The molecule has 1 heterocycles. The van der Waals surface area contributed by atoms with Gasteiger partial charge in [0, 0.05) is 31.7 Å². The maximum absolute atomic E-state index is 13.4. The molecule has 3 amide bonds. The lowest BCUT2D eigenvalue weighted by molar-refractivity contribution is 0.0951. The zero-order valence-corrected chi connectivity index (χ0v) is 19.6. The Kier molecular flexibility index (Phi) is 7.82. The van der Waals surface area contributed by atoms with E-state index in [0.717, 1.165) is 42.9 Å². The smallest absolute Gasteiger partial charge is 0.319 e. The van der Waals surface area contributed by atoms with Gasteiger partial charge in [0.1, 0.15) is 11.6 Å². The molecule has 1 fully saturated rings. The fourth-order valence-corrected chi connectivity index (χ4v) is 4.07. The summed E-state index contributed by atoms with van der Waals surface area (Å²) in [5.74, 6) is 0.0678. The minimum atomic E-state index is -0.370. The van der Waals surface area contributed by atoms with E-state index in [9.17, 15) is 14.0 Å². The Hall–Kier alpha value is -4.07. The number of ether oxygens (including phenoxy) is 1. The molecule has 0 radical (unpaired) electrons. The highest BCUT2D eigenvalue weighted by molar-refractivity contribution is 5.99. The minimum absolute atomic E-state index is 0.203. The van der Waals surface area contributed by atoms with Crippen molar-refractivity contribution >= 4 is 23.3 Å². The Morgan fingerprint density at radius 2 is 1.63 bits per heavy atom. The molecule has 182 valence electrons. The maximum atomic E-state index is 13.4. The number of urea groups is 1. The van der Waals surface area contributed by atoms with Gasteiger partial charge in [-0.3, -0.25) is 4.79 Å². The Balaban J connectivity index is 1.45. The number of nitrogens with one attached hydrogen (secondary N) is 3. The average molecular weight is 477 g/mol. The Morgan fingerprint density at radius 3 is 2.37 bits per heavy atom. The lowest BCUT2D eigenvalue weighted by atomic mass is 10.1. The minimum Gasteiger partial charge on any atom is -0.497 e. The summed E-state index contributed by atoms with van der Waals surface area (Å²) in [5.41, 5.74) is 3.42. The number of benzene rings is 3. The van der Waals surface area contributed by atoms with Crippen molar-refractivity contribution in [2.24, 2.45) is 0 Å². The van der Waals surface area contributed by atoms with E-state index in [1.807, 2.05) is 30.3 Å². The van der Waals surface area contributed by atoms with Gasteiger partial charge < -0.3 is 25.6 Å². The van der Waals surface area contributed by atoms with Crippen molar-refractivity contribution in [3.63, 3.8) is 0 Å². The van der Waals surface area contributed by atoms with Crippen LogP contribution in [0.5, 0.6) is 5.75 Å². The molecule has 0 unspecified atom stereocenters. The maximum Gasteiger partial charge on any atom is 0.319 e. The lowest BCUT2D eigenvalue weighted by Gasteiger charge is -2.22. The molecule has 3 aromatic rings. The number of rotatable bonds is 8. The fourth-order valence-electron chi connectivity index (χ4n) is 4.07. The lowest BCUT2D eigenvalue weighted by Crippen LogP contribution is -2.30. The van der Waals surface area contributed by atoms with Crippen LogP contribution in [0.3, 0.4) is 0 Å². The Morgan fingerprint density at radius 1 is 0.914 bits per heavy atom. The fraction of sp³-hybridized carbons (Fsp3) is 0.259. The molecule has 7 nitrogen and oxygen atoms in total. The zero-order valence-electron chi connectivity index (χ0n) is 19.6. The topological polar surface area (TPSA) is 82.7 Å². The molecular weight excluding hydrogens is 447 g/mol. The number of carbonyl (C=O) groups excluding carboxylic acids is 2. The van der Waals surface area contributed by atoms with Gasteiger partial charge in [-0.05, 0) is 66.4 Å². The van der Waals surface area contributed by atoms with Crippen LogP contribution in [0.4, 0.5) is 20.6 Å². The molecule has 0 aliphatic carbocycles. The van der Waals surface area contributed by atoms with Crippen molar-refractivity contribution < 1.29 is 18.7 Å². The third-order valence-corrected chi connectivity index (χ3v) is 5.88. The average Bonchev–Trinajstić information content (AvgIpc) is 3.41. The largest absolute Gasteiger partial charge is 0.497 e. The highest BCUT2D eigenvalue weighted by Gasteiger charge is 2.19. The Labute approximate surface area is 204 Å². The molecule has 0 saturated carbocycles. The number of halogens is 1. The molecule has 1 aliphatic rings. The van der Waals surface area contributed by atoms with Gasteiger partial charge in [0.2, 0.25) is 0 Å². The van der Waals surface area contributed by atoms with E-state index in [1.165, 1.54) is 12.1 Å². The van der Waals surface area contributed by atoms with Gasteiger partial charge in [-0.25, -0.2) is 9.18 Å². The first-order valence-electron chi connectivity index (χ1n) is 11.6.